The fourth-order valence-electron chi connectivity index (χ4n) is 3.22. The Bertz CT molecular complexity index is 1330. The van der Waals surface area contributed by atoms with E-state index in [1.807, 2.05) is 6.92 Å². The average Bonchev–Trinajstić information content (AvgIpc) is 3.27. The summed E-state index contributed by atoms with van der Waals surface area (Å²) >= 11 is 4.37. The van der Waals surface area contributed by atoms with E-state index in [1.165, 1.54) is 33.7 Å². The van der Waals surface area contributed by atoms with Gasteiger partial charge in [-0.2, -0.15) is 9.61 Å². The van der Waals surface area contributed by atoms with Crippen molar-refractivity contribution in [1.29, 1.82) is 0 Å². The van der Waals surface area contributed by atoms with E-state index in [1.54, 1.807) is 11.3 Å². The van der Waals surface area contributed by atoms with Crippen LogP contribution in [0, 0.1) is 12.8 Å². The van der Waals surface area contributed by atoms with Crippen LogP contribution in [0.2, 0.25) is 0 Å². The molecule has 0 saturated carbocycles. The number of aryl methyl sites for hydroxylation is 2. The first kappa shape index (κ1) is 21.2. The Labute approximate surface area is 185 Å². The Hall–Kier alpha value is -2.04. The van der Waals surface area contributed by atoms with E-state index in [9.17, 15) is 9.59 Å². The molecule has 1 unspecified atom stereocenters. The number of thioether (sulfide) groups is 1. The molecule has 0 spiro atoms. The first-order chi connectivity index (χ1) is 14.4. The summed E-state index contributed by atoms with van der Waals surface area (Å²) in [7, 11) is 0. The summed E-state index contributed by atoms with van der Waals surface area (Å²) in [6.45, 7) is 8.42. The Kier molecular flexibility index (Phi) is 6.08. The van der Waals surface area contributed by atoms with Gasteiger partial charge in [-0.1, -0.05) is 50.3 Å². The minimum Gasteiger partial charge on any atom is -0.301 e. The summed E-state index contributed by atoms with van der Waals surface area (Å²) in [6.07, 6.45) is 2.73. The quantitative estimate of drug-likeness (QED) is 0.327. The van der Waals surface area contributed by atoms with Crippen LogP contribution in [-0.4, -0.2) is 24.6 Å². The van der Waals surface area contributed by atoms with Crippen molar-refractivity contribution >= 4 is 49.6 Å². The van der Waals surface area contributed by atoms with Gasteiger partial charge >= 0.3 is 0 Å². The van der Waals surface area contributed by atoms with Crippen molar-refractivity contribution in [3.05, 3.63) is 47.9 Å². The lowest BCUT2D eigenvalue weighted by atomic mass is 9.98. The van der Waals surface area contributed by atoms with Crippen molar-refractivity contribution in [1.82, 2.24) is 24.6 Å². The molecule has 1 atom stereocenters. The van der Waals surface area contributed by atoms with Gasteiger partial charge in [0.25, 0.3) is 11.1 Å². The van der Waals surface area contributed by atoms with Gasteiger partial charge in [-0.15, -0.1) is 11.3 Å². The van der Waals surface area contributed by atoms with Crippen LogP contribution in [-0.2, 0) is 18.6 Å². The van der Waals surface area contributed by atoms with E-state index in [4.69, 9.17) is 0 Å². The van der Waals surface area contributed by atoms with Crippen LogP contribution < -0.4 is 11.1 Å². The average molecular weight is 462 g/mol. The number of nitrogens with one attached hydrogen (secondary N) is 1. The molecule has 158 valence electrons. The molecular weight excluding hydrogens is 438 g/mol. The number of hydrogen-bond donors (Lipinski definition) is 1. The minimum atomic E-state index is -0.188. The number of aromatic nitrogens is 5. The number of thiophene rings is 1. The lowest BCUT2D eigenvalue weighted by Crippen LogP contribution is -2.15. The molecular formula is C20H23N5O2S3. The topological polar surface area (TPSA) is 93.0 Å². The molecule has 0 aliphatic rings. The Morgan fingerprint density at radius 1 is 1.23 bits per heavy atom. The van der Waals surface area contributed by atoms with Crippen molar-refractivity contribution in [3.63, 3.8) is 0 Å². The van der Waals surface area contributed by atoms with Crippen LogP contribution in [0.5, 0.6) is 0 Å². The van der Waals surface area contributed by atoms with Crippen LogP contribution >= 0.6 is 34.4 Å². The molecule has 0 aliphatic heterocycles. The molecule has 7 nitrogen and oxygen atoms in total. The van der Waals surface area contributed by atoms with Crippen molar-refractivity contribution in [2.24, 2.45) is 5.92 Å². The summed E-state index contributed by atoms with van der Waals surface area (Å²) in [5, 5.41) is 6.41. The monoisotopic (exact) mass is 461 g/mol. The smallest absolute Gasteiger partial charge is 0.275 e. The molecule has 1 N–H and O–H groups in total. The summed E-state index contributed by atoms with van der Waals surface area (Å²) in [5.41, 5.74) is 1.49. The van der Waals surface area contributed by atoms with Crippen LogP contribution in [0.15, 0.2) is 20.8 Å². The lowest BCUT2D eigenvalue weighted by Gasteiger charge is -2.08. The van der Waals surface area contributed by atoms with E-state index in [0.717, 1.165) is 44.9 Å². The molecule has 0 bridgehead atoms. The molecule has 4 aromatic rings. The number of rotatable bonds is 7. The molecule has 0 radical (unpaired) electrons. The highest BCUT2D eigenvalue weighted by Crippen LogP contribution is 2.31. The number of hydrogen-bond acceptors (Lipinski definition) is 8. The predicted octanol–water partition coefficient (Wildman–Crippen LogP) is 4.20. The third-order valence-electron chi connectivity index (χ3n) is 5.09. The van der Waals surface area contributed by atoms with Crippen molar-refractivity contribution in [3.8, 4) is 0 Å². The maximum Gasteiger partial charge on any atom is 0.275 e. The fraction of sp³-hybridized carbons (Fsp3) is 0.450. The molecule has 0 aliphatic carbocycles. The van der Waals surface area contributed by atoms with Gasteiger partial charge in [0.15, 0.2) is 5.16 Å². The van der Waals surface area contributed by atoms with Crippen LogP contribution in [0.4, 0.5) is 0 Å². The predicted molar refractivity (Wildman–Crippen MR) is 124 cm³/mol. The summed E-state index contributed by atoms with van der Waals surface area (Å²) in [5.74, 6) is 0.971. The van der Waals surface area contributed by atoms with Gasteiger partial charge < -0.3 is 4.98 Å². The molecule has 0 fully saturated rings. The number of nitrogens with zero attached hydrogens (tertiary/aromatic N) is 4. The van der Waals surface area contributed by atoms with Gasteiger partial charge in [0.1, 0.15) is 9.84 Å². The highest BCUT2D eigenvalue weighted by atomic mass is 32.2. The molecule has 4 rings (SSSR count). The Morgan fingerprint density at radius 3 is 2.77 bits per heavy atom. The molecule has 0 saturated heterocycles. The maximum atomic E-state index is 12.8. The molecule has 4 aromatic heterocycles. The van der Waals surface area contributed by atoms with Crippen molar-refractivity contribution in [2.75, 3.05) is 0 Å². The van der Waals surface area contributed by atoms with Gasteiger partial charge in [-0.25, -0.2) is 9.97 Å². The van der Waals surface area contributed by atoms with Gasteiger partial charge in [0, 0.05) is 16.7 Å². The van der Waals surface area contributed by atoms with Crippen molar-refractivity contribution < 1.29 is 0 Å². The highest BCUT2D eigenvalue weighted by Gasteiger charge is 2.17. The zero-order chi connectivity index (χ0) is 21.4. The van der Waals surface area contributed by atoms with Crippen molar-refractivity contribution in [2.45, 2.75) is 57.9 Å². The second kappa shape index (κ2) is 8.60. The molecule has 0 amide bonds. The van der Waals surface area contributed by atoms with E-state index < -0.39 is 0 Å². The van der Waals surface area contributed by atoms with Gasteiger partial charge in [-0.3, -0.25) is 9.59 Å². The van der Waals surface area contributed by atoms with Crippen LogP contribution in [0.25, 0.3) is 15.2 Å². The maximum absolute atomic E-state index is 12.8. The largest absolute Gasteiger partial charge is 0.301 e. The van der Waals surface area contributed by atoms with E-state index >= 15 is 0 Å². The molecule has 30 heavy (non-hydrogen) atoms. The zero-order valence-electron chi connectivity index (χ0n) is 17.3. The van der Waals surface area contributed by atoms with Gasteiger partial charge in [0.05, 0.1) is 11.1 Å². The fourth-order valence-corrected chi connectivity index (χ4v) is 5.94. The normalized spacial score (nSPS) is 12.8. The molecule has 4 heterocycles. The van der Waals surface area contributed by atoms with E-state index in [-0.39, 0.29) is 11.1 Å². The summed E-state index contributed by atoms with van der Waals surface area (Å²) in [6, 6.07) is 1.50. The van der Waals surface area contributed by atoms with E-state index in [0.29, 0.717) is 27.5 Å². The van der Waals surface area contributed by atoms with Gasteiger partial charge in [-0.05, 0) is 31.2 Å². The molecule has 10 heteroatoms. The number of fused-ring (bicyclic) bond motifs is 2. The van der Waals surface area contributed by atoms with Crippen LogP contribution in [0.3, 0.4) is 0 Å². The van der Waals surface area contributed by atoms with Gasteiger partial charge in [0.2, 0.25) is 4.96 Å². The highest BCUT2D eigenvalue weighted by molar-refractivity contribution is 7.98. The lowest BCUT2D eigenvalue weighted by molar-refractivity contribution is 0.561. The third-order valence-corrected chi connectivity index (χ3v) is 8.09. The molecule has 0 aromatic carbocycles. The van der Waals surface area contributed by atoms with E-state index in [2.05, 4.69) is 40.8 Å². The Balaban J connectivity index is 1.61. The second-order valence-electron chi connectivity index (χ2n) is 7.32. The Morgan fingerprint density at radius 2 is 2.03 bits per heavy atom. The van der Waals surface area contributed by atoms with Crippen LogP contribution in [0.1, 0.15) is 48.3 Å². The SMILES string of the molecule is CCc1nn2c(=O)cc(CSc3nc4sc(C)c(CC(C)CC)c4c(=O)[nH]3)nc2s1. The second-order valence-corrected chi connectivity index (χ2v) is 10.5. The third kappa shape index (κ3) is 4.08. The number of aromatic amines is 1. The minimum absolute atomic E-state index is 0.0938. The summed E-state index contributed by atoms with van der Waals surface area (Å²) < 4.78 is 1.34. The first-order valence-corrected chi connectivity index (χ1v) is 12.5. The first-order valence-electron chi connectivity index (χ1n) is 9.93. The number of H-pyrrole nitrogens is 1. The zero-order valence-corrected chi connectivity index (χ0v) is 19.8. The summed E-state index contributed by atoms with van der Waals surface area (Å²) in [4.78, 5) is 39.8. The standard InChI is InChI=1S/C20H23N5O2S3/c1-5-10(3)7-13-11(4)29-18-16(13)17(27)22-19(23-18)28-9-12-8-15(26)25-20(21-12)30-14(6-2)24-25/h8,10H,5-7,9H2,1-4H3,(H,22,23,27).